The van der Waals surface area contributed by atoms with Crippen molar-refractivity contribution in [3.63, 3.8) is 0 Å². The molecule has 0 fully saturated rings. The number of aromatic nitrogens is 3. The zero-order chi connectivity index (χ0) is 13.2. The smallest absolute Gasteiger partial charge is 0.191 e. The summed E-state index contributed by atoms with van der Waals surface area (Å²) in [7, 11) is -1.05. The Kier molecular flexibility index (Phi) is 4.29. The van der Waals surface area contributed by atoms with E-state index in [2.05, 4.69) is 58.8 Å². The normalized spacial score (nSPS) is 12.0. The van der Waals surface area contributed by atoms with Gasteiger partial charge in [-0.25, -0.2) is 0 Å². The van der Waals surface area contributed by atoms with E-state index in [1.54, 1.807) is 11.3 Å². The van der Waals surface area contributed by atoms with Crippen molar-refractivity contribution in [3.8, 4) is 10.7 Å². The number of hydrogen-bond acceptors (Lipinski definition) is 4. The van der Waals surface area contributed by atoms with E-state index in [9.17, 15) is 0 Å². The average molecular weight is 298 g/mol. The molecule has 18 heavy (non-hydrogen) atoms. The van der Waals surface area contributed by atoms with Crippen molar-refractivity contribution >= 4 is 31.2 Å². The fourth-order valence-electron chi connectivity index (χ4n) is 1.55. The maximum Gasteiger partial charge on any atom is 0.191 e. The highest BCUT2D eigenvalue weighted by Crippen LogP contribution is 2.28. The minimum atomic E-state index is -1.05. The van der Waals surface area contributed by atoms with E-state index in [1.807, 2.05) is 11.8 Å². The Morgan fingerprint density at radius 3 is 2.67 bits per heavy atom. The van der Waals surface area contributed by atoms with E-state index in [1.165, 1.54) is 10.3 Å². The summed E-state index contributed by atoms with van der Waals surface area (Å²) in [5, 5.41) is 13.0. The third kappa shape index (κ3) is 3.24. The lowest BCUT2D eigenvalue weighted by molar-refractivity contribution is 0.688. The highest BCUT2D eigenvalue weighted by molar-refractivity contribution is 8.00. The lowest BCUT2D eigenvalue weighted by Gasteiger charge is -2.14. The third-order valence-corrected chi connectivity index (χ3v) is 7.88. The minimum absolute atomic E-state index is 0.925. The summed E-state index contributed by atoms with van der Waals surface area (Å²) < 4.78 is 2.22. The number of rotatable bonds is 5. The Hall–Kier alpha value is -0.593. The highest BCUT2D eigenvalue weighted by Gasteiger charge is 2.18. The van der Waals surface area contributed by atoms with E-state index >= 15 is 0 Å². The van der Waals surface area contributed by atoms with Gasteiger partial charge in [0.25, 0.3) is 0 Å². The van der Waals surface area contributed by atoms with Crippen molar-refractivity contribution in [1.29, 1.82) is 0 Å². The van der Waals surface area contributed by atoms with Crippen LogP contribution in [-0.4, -0.2) is 28.2 Å². The standard InChI is InChI=1S/C12H19N3S2Si/c1-5-15-11(10-7-6-8-16-10)13-14-12(15)17-9-18(2,3)4/h6-8H,5,9H2,1-4H3. The summed E-state index contributed by atoms with van der Waals surface area (Å²) in [6, 6.07) is 4.16. The van der Waals surface area contributed by atoms with E-state index in [0.29, 0.717) is 0 Å². The van der Waals surface area contributed by atoms with Gasteiger partial charge in [-0.05, 0) is 23.7 Å². The molecular formula is C12H19N3S2Si. The van der Waals surface area contributed by atoms with Crippen LogP contribution in [0.5, 0.6) is 0 Å². The van der Waals surface area contributed by atoms with Crippen LogP contribution in [0.3, 0.4) is 0 Å². The molecule has 0 unspecified atom stereocenters. The molecule has 0 atom stereocenters. The molecule has 0 N–H and O–H groups in total. The predicted octanol–water partition coefficient (Wildman–Crippen LogP) is 4.00. The Bertz CT molecular complexity index is 500. The maximum atomic E-state index is 4.35. The summed E-state index contributed by atoms with van der Waals surface area (Å²) in [4.78, 5) is 1.20. The lowest BCUT2D eigenvalue weighted by Crippen LogP contribution is -2.24. The third-order valence-electron chi connectivity index (χ3n) is 2.41. The van der Waals surface area contributed by atoms with Crippen molar-refractivity contribution in [2.45, 2.75) is 38.3 Å². The number of thioether (sulfide) groups is 1. The van der Waals surface area contributed by atoms with Crippen LogP contribution < -0.4 is 0 Å². The van der Waals surface area contributed by atoms with Gasteiger partial charge >= 0.3 is 0 Å². The molecule has 98 valence electrons. The summed E-state index contributed by atoms with van der Waals surface area (Å²) in [5.41, 5.74) is 0. The predicted molar refractivity (Wildman–Crippen MR) is 83.1 cm³/mol. The molecule has 0 bridgehead atoms. The maximum absolute atomic E-state index is 4.35. The van der Waals surface area contributed by atoms with Crippen LogP contribution in [0.4, 0.5) is 0 Å². The molecule has 0 aliphatic rings. The fourth-order valence-corrected chi connectivity index (χ4v) is 4.99. The first-order valence-corrected chi connectivity index (χ1v) is 11.7. The summed E-state index contributed by atoms with van der Waals surface area (Å²) in [6.45, 7) is 10.2. The summed E-state index contributed by atoms with van der Waals surface area (Å²) >= 11 is 3.57. The van der Waals surface area contributed by atoms with Gasteiger partial charge in [-0.2, -0.15) is 0 Å². The van der Waals surface area contributed by atoms with E-state index in [4.69, 9.17) is 0 Å². The van der Waals surface area contributed by atoms with Gasteiger partial charge in [0, 0.05) is 6.54 Å². The van der Waals surface area contributed by atoms with Gasteiger partial charge in [0.1, 0.15) is 0 Å². The van der Waals surface area contributed by atoms with Crippen molar-refractivity contribution < 1.29 is 0 Å². The zero-order valence-corrected chi connectivity index (χ0v) is 13.9. The Morgan fingerprint density at radius 2 is 2.11 bits per heavy atom. The van der Waals surface area contributed by atoms with Crippen molar-refractivity contribution in [1.82, 2.24) is 14.8 Å². The second-order valence-corrected chi connectivity index (χ2v) is 13.3. The quantitative estimate of drug-likeness (QED) is 0.617. The van der Waals surface area contributed by atoms with Gasteiger partial charge in [-0.1, -0.05) is 37.5 Å². The molecule has 2 heterocycles. The molecule has 2 rings (SSSR count). The van der Waals surface area contributed by atoms with Crippen LogP contribution in [0.25, 0.3) is 10.7 Å². The first-order chi connectivity index (χ1) is 8.51. The van der Waals surface area contributed by atoms with Crippen molar-refractivity contribution in [3.05, 3.63) is 17.5 Å². The topological polar surface area (TPSA) is 30.7 Å². The summed E-state index contributed by atoms with van der Waals surface area (Å²) in [5.74, 6) is 1.01. The molecule has 2 aromatic heterocycles. The van der Waals surface area contributed by atoms with E-state index in [0.717, 1.165) is 17.5 Å². The number of nitrogens with zero attached hydrogens (tertiary/aromatic N) is 3. The Labute approximate surface area is 118 Å². The molecule has 0 amide bonds. The largest absolute Gasteiger partial charge is 0.302 e. The van der Waals surface area contributed by atoms with Gasteiger partial charge in [0.2, 0.25) is 0 Å². The first kappa shape index (κ1) is 13.8. The molecule has 0 aliphatic carbocycles. The van der Waals surface area contributed by atoms with Crippen LogP contribution in [-0.2, 0) is 6.54 Å². The second-order valence-electron chi connectivity index (χ2n) is 5.38. The molecule has 3 nitrogen and oxygen atoms in total. The Morgan fingerprint density at radius 1 is 1.33 bits per heavy atom. The van der Waals surface area contributed by atoms with E-state index < -0.39 is 8.07 Å². The molecule has 0 aliphatic heterocycles. The molecule has 2 aromatic rings. The molecule has 6 heteroatoms. The summed E-state index contributed by atoms with van der Waals surface area (Å²) in [6.07, 6.45) is 0. The van der Waals surface area contributed by atoms with Crippen molar-refractivity contribution in [2.75, 3.05) is 5.38 Å². The minimum Gasteiger partial charge on any atom is -0.302 e. The highest BCUT2D eigenvalue weighted by atomic mass is 32.2. The second kappa shape index (κ2) is 5.58. The van der Waals surface area contributed by atoms with Gasteiger partial charge < -0.3 is 4.57 Å². The van der Waals surface area contributed by atoms with Crippen LogP contribution in [0, 0.1) is 0 Å². The SMILES string of the molecule is CCn1c(SC[Si](C)(C)C)nnc1-c1cccs1. The van der Waals surface area contributed by atoms with Crippen LogP contribution in [0.1, 0.15) is 6.92 Å². The van der Waals surface area contributed by atoms with Gasteiger partial charge in [0.15, 0.2) is 11.0 Å². The monoisotopic (exact) mass is 297 g/mol. The van der Waals surface area contributed by atoms with Crippen molar-refractivity contribution in [2.24, 2.45) is 0 Å². The molecule has 0 saturated carbocycles. The van der Waals surface area contributed by atoms with Crippen LogP contribution in [0.15, 0.2) is 22.7 Å². The van der Waals surface area contributed by atoms with Crippen LogP contribution in [0.2, 0.25) is 19.6 Å². The van der Waals surface area contributed by atoms with Crippen LogP contribution >= 0.6 is 23.1 Å². The number of thiophene rings is 1. The molecular weight excluding hydrogens is 278 g/mol. The zero-order valence-electron chi connectivity index (χ0n) is 11.3. The Balaban J connectivity index is 2.23. The first-order valence-electron chi connectivity index (χ1n) is 6.11. The van der Waals surface area contributed by atoms with Gasteiger partial charge in [-0.15, -0.1) is 21.5 Å². The number of hydrogen-bond donors (Lipinski definition) is 0. The average Bonchev–Trinajstić information content (AvgIpc) is 2.93. The molecule has 0 radical (unpaired) electrons. The van der Waals surface area contributed by atoms with Gasteiger partial charge in [-0.3, -0.25) is 0 Å². The fraction of sp³-hybridized carbons (Fsp3) is 0.500. The lowest BCUT2D eigenvalue weighted by atomic mass is 10.4. The van der Waals surface area contributed by atoms with E-state index in [-0.39, 0.29) is 0 Å². The molecule has 0 spiro atoms. The molecule has 0 saturated heterocycles. The van der Waals surface area contributed by atoms with Gasteiger partial charge in [0.05, 0.1) is 13.0 Å². The molecule has 0 aromatic carbocycles.